The van der Waals surface area contributed by atoms with Crippen LogP contribution < -0.4 is 10.2 Å². The molecule has 1 saturated heterocycles. The van der Waals surface area contributed by atoms with Crippen molar-refractivity contribution in [2.45, 2.75) is 38.1 Å². The van der Waals surface area contributed by atoms with Crippen LogP contribution in [0.2, 0.25) is 0 Å². The van der Waals surface area contributed by atoms with E-state index in [4.69, 9.17) is 0 Å². The number of thiazole rings is 1. The van der Waals surface area contributed by atoms with E-state index in [1.165, 1.54) is 30.9 Å². The molecule has 0 atom stereocenters. The molecular weight excluding hydrogens is 390 g/mol. The Labute approximate surface area is 172 Å². The lowest BCUT2D eigenvalue weighted by Crippen LogP contribution is -2.16. The molecule has 0 saturated carbocycles. The first kappa shape index (κ1) is 19.1. The molecule has 1 fully saturated rings. The molecule has 1 aromatic carbocycles. The molecule has 0 radical (unpaired) electrons. The van der Waals surface area contributed by atoms with Gasteiger partial charge in [0.15, 0.2) is 10.8 Å². The van der Waals surface area contributed by atoms with Crippen LogP contribution in [0.3, 0.4) is 0 Å². The van der Waals surface area contributed by atoms with Gasteiger partial charge in [-0.25, -0.2) is 9.97 Å². The minimum Gasteiger partial charge on any atom is -0.348 e. The lowest BCUT2D eigenvalue weighted by Gasteiger charge is -2.12. The minimum atomic E-state index is -0.0231. The maximum absolute atomic E-state index is 12.6. The third-order valence-electron chi connectivity index (χ3n) is 4.87. The van der Waals surface area contributed by atoms with Gasteiger partial charge in [0.05, 0.1) is 5.75 Å². The normalized spacial score (nSPS) is 14.0. The van der Waals surface area contributed by atoms with E-state index in [-0.39, 0.29) is 5.91 Å². The lowest BCUT2D eigenvalue weighted by molar-refractivity contribution is -0.113. The van der Waals surface area contributed by atoms with E-state index in [0.717, 1.165) is 56.8 Å². The second kappa shape index (κ2) is 8.45. The fraction of sp³-hybridized carbons (Fsp3) is 0.400. The highest BCUT2D eigenvalue weighted by Gasteiger charge is 2.19. The second-order valence-electron chi connectivity index (χ2n) is 6.82. The first-order chi connectivity index (χ1) is 13.7. The van der Waals surface area contributed by atoms with Gasteiger partial charge in [-0.3, -0.25) is 4.79 Å². The molecule has 1 aliphatic heterocycles. The molecule has 1 N–H and O–H groups in total. The fourth-order valence-corrected chi connectivity index (χ4v) is 5.32. The second-order valence-corrected chi connectivity index (χ2v) is 8.76. The number of nitrogens with one attached hydrogen (secondary N) is 1. The van der Waals surface area contributed by atoms with Crippen LogP contribution >= 0.6 is 23.1 Å². The summed E-state index contributed by atoms with van der Waals surface area (Å²) in [7, 11) is 0. The number of fused-ring (bicyclic) bond motifs is 1. The van der Waals surface area contributed by atoms with Gasteiger partial charge in [0.1, 0.15) is 16.1 Å². The number of amides is 1. The molecule has 1 aliphatic rings. The van der Waals surface area contributed by atoms with Gasteiger partial charge in [0.25, 0.3) is 0 Å². The minimum absolute atomic E-state index is 0.0231. The zero-order valence-electron chi connectivity index (χ0n) is 16.1. The Bertz CT molecular complexity index is 997. The first-order valence-corrected chi connectivity index (χ1v) is 11.3. The first-order valence-electron chi connectivity index (χ1n) is 9.53. The van der Waals surface area contributed by atoms with Crippen LogP contribution in [0.15, 0.2) is 29.6 Å². The number of hydrogen-bond acceptors (Lipinski definition) is 7. The summed E-state index contributed by atoms with van der Waals surface area (Å²) in [6, 6.07) is 6.10. The van der Waals surface area contributed by atoms with Gasteiger partial charge in [0, 0.05) is 18.8 Å². The molecule has 1 amide bonds. The molecule has 0 spiro atoms. The van der Waals surface area contributed by atoms with Crippen LogP contribution in [-0.4, -0.2) is 39.7 Å². The van der Waals surface area contributed by atoms with E-state index < -0.39 is 0 Å². The molecular formula is C20H23N5OS2. The molecule has 3 heterocycles. The Balaban J connectivity index is 1.47. The summed E-state index contributed by atoms with van der Waals surface area (Å²) in [5.74, 6) is 0.283. The van der Waals surface area contributed by atoms with Crippen LogP contribution in [-0.2, 0) is 11.2 Å². The molecule has 146 valence electrons. The van der Waals surface area contributed by atoms with Crippen LogP contribution in [0, 0.1) is 6.92 Å². The van der Waals surface area contributed by atoms with Crippen LogP contribution in [0.5, 0.6) is 0 Å². The van der Waals surface area contributed by atoms with E-state index in [2.05, 4.69) is 38.2 Å². The number of benzene rings is 1. The average Bonchev–Trinajstić information content (AvgIpc) is 3.37. The summed E-state index contributed by atoms with van der Waals surface area (Å²) in [5.41, 5.74) is 3.88. The molecule has 8 heteroatoms. The quantitative estimate of drug-likeness (QED) is 0.480. The summed E-state index contributed by atoms with van der Waals surface area (Å²) in [4.78, 5) is 28.2. The Hall–Kier alpha value is -2.19. The molecule has 28 heavy (non-hydrogen) atoms. The fourth-order valence-electron chi connectivity index (χ4n) is 3.38. The Morgan fingerprint density at radius 3 is 2.89 bits per heavy atom. The summed E-state index contributed by atoms with van der Waals surface area (Å²) < 4.78 is 0.965. The van der Waals surface area contributed by atoms with Gasteiger partial charge in [-0.2, -0.15) is 4.98 Å². The van der Waals surface area contributed by atoms with E-state index >= 15 is 0 Å². The topological polar surface area (TPSA) is 71.0 Å². The number of rotatable bonds is 6. The summed E-state index contributed by atoms with van der Waals surface area (Å²) in [5, 5.41) is 4.90. The standard InChI is InChI=1S/C20H23N5OS2/c1-3-14-8-6-7-13(2)16(14)23-15(26)11-27-19-17-18(21-12-22-19)24-20(28-17)25-9-4-5-10-25/h6-8,12H,3-5,9-11H2,1-2H3,(H,23,26). The molecule has 2 aromatic heterocycles. The molecule has 0 aliphatic carbocycles. The number of thioether (sulfide) groups is 1. The number of aryl methyl sites for hydroxylation is 2. The number of carbonyl (C=O) groups is 1. The smallest absolute Gasteiger partial charge is 0.234 e. The maximum atomic E-state index is 12.6. The number of nitrogens with zero attached hydrogens (tertiary/aromatic N) is 4. The third-order valence-corrected chi connectivity index (χ3v) is 7.10. The maximum Gasteiger partial charge on any atom is 0.234 e. The molecule has 6 nitrogen and oxygen atoms in total. The Kier molecular flexibility index (Phi) is 5.77. The van der Waals surface area contributed by atoms with Gasteiger partial charge in [0.2, 0.25) is 5.91 Å². The number of carbonyl (C=O) groups excluding carboxylic acids is 1. The van der Waals surface area contributed by atoms with Crippen molar-refractivity contribution < 1.29 is 4.79 Å². The molecule has 0 bridgehead atoms. The van der Waals surface area contributed by atoms with Gasteiger partial charge in [-0.05, 0) is 37.3 Å². The number of para-hydroxylation sites is 1. The van der Waals surface area contributed by atoms with Crippen molar-refractivity contribution in [3.8, 4) is 0 Å². The summed E-state index contributed by atoms with van der Waals surface area (Å²) in [6.07, 6.45) is 4.84. The van der Waals surface area contributed by atoms with E-state index in [1.807, 2.05) is 19.1 Å². The van der Waals surface area contributed by atoms with Crippen molar-refractivity contribution in [3.05, 3.63) is 35.7 Å². The average molecular weight is 414 g/mol. The molecule has 4 rings (SSSR count). The van der Waals surface area contributed by atoms with Crippen molar-refractivity contribution >= 4 is 50.2 Å². The highest BCUT2D eigenvalue weighted by Crippen LogP contribution is 2.35. The molecule has 3 aromatic rings. The highest BCUT2D eigenvalue weighted by molar-refractivity contribution is 8.00. The number of aromatic nitrogens is 3. The van der Waals surface area contributed by atoms with E-state index in [9.17, 15) is 4.79 Å². The molecule has 0 unspecified atom stereocenters. The number of anilines is 2. The van der Waals surface area contributed by atoms with E-state index in [1.54, 1.807) is 11.3 Å². The van der Waals surface area contributed by atoms with Crippen molar-refractivity contribution in [3.63, 3.8) is 0 Å². The number of hydrogen-bond donors (Lipinski definition) is 1. The van der Waals surface area contributed by atoms with Crippen LogP contribution in [0.4, 0.5) is 10.8 Å². The summed E-state index contributed by atoms with van der Waals surface area (Å²) in [6.45, 7) is 6.22. The SMILES string of the molecule is CCc1cccc(C)c1NC(=O)CSc1ncnc2nc(N3CCCC3)sc12. The predicted octanol–water partition coefficient (Wildman–Crippen LogP) is 4.29. The van der Waals surface area contributed by atoms with Crippen molar-refractivity contribution in [2.24, 2.45) is 0 Å². The third kappa shape index (κ3) is 3.98. The Morgan fingerprint density at radius 1 is 1.29 bits per heavy atom. The zero-order chi connectivity index (χ0) is 19.5. The summed E-state index contributed by atoms with van der Waals surface area (Å²) >= 11 is 3.06. The van der Waals surface area contributed by atoms with Crippen LogP contribution in [0.25, 0.3) is 10.3 Å². The monoisotopic (exact) mass is 413 g/mol. The van der Waals surface area contributed by atoms with Crippen molar-refractivity contribution in [1.29, 1.82) is 0 Å². The zero-order valence-corrected chi connectivity index (χ0v) is 17.7. The van der Waals surface area contributed by atoms with Gasteiger partial charge in [-0.15, -0.1) is 0 Å². The van der Waals surface area contributed by atoms with Gasteiger partial charge in [-0.1, -0.05) is 48.2 Å². The lowest BCUT2D eigenvalue weighted by atomic mass is 10.1. The van der Waals surface area contributed by atoms with E-state index in [0.29, 0.717) is 5.75 Å². The Morgan fingerprint density at radius 2 is 2.11 bits per heavy atom. The van der Waals surface area contributed by atoms with Crippen LogP contribution in [0.1, 0.15) is 30.9 Å². The van der Waals surface area contributed by atoms with Crippen molar-refractivity contribution in [1.82, 2.24) is 15.0 Å². The van der Waals surface area contributed by atoms with Gasteiger partial charge < -0.3 is 10.2 Å². The van der Waals surface area contributed by atoms with Crippen molar-refractivity contribution in [2.75, 3.05) is 29.1 Å². The van der Waals surface area contributed by atoms with Gasteiger partial charge >= 0.3 is 0 Å². The largest absolute Gasteiger partial charge is 0.348 e. The predicted molar refractivity (Wildman–Crippen MR) is 117 cm³/mol. The highest BCUT2D eigenvalue weighted by atomic mass is 32.2.